The van der Waals surface area contributed by atoms with Crippen LogP contribution in [0.5, 0.6) is 0 Å². The third kappa shape index (κ3) is 5.11. The molecule has 1 N–H and O–H groups in total. The summed E-state index contributed by atoms with van der Waals surface area (Å²) >= 11 is 9.72. The van der Waals surface area contributed by atoms with Crippen molar-refractivity contribution in [3.63, 3.8) is 0 Å². The van der Waals surface area contributed by atoms with Crippen molar-refractivity contribution in [2.24, 2.45) is 0 Å². The van der Waals surface area contributed by atoms with Crippen molar-refractivity contribution in [1.29, 1.82) is 0 Å². The van der Waals surface area contributed by atoms with Gasteiger partial charge in [-0.15, -0.1) is 0 Å². The Hall–Kier alpha value is -0.870. The van der Waals surface area contributed by atoms with Gasteiger partial charge in [-0.2, -0.15) is 0 Å². The summed E-state index contributed by atoms with van der Waals surface area (Å²) in [6.45, 7) is 1.69. The number of nitrogens with zero attached hydrogens (tertiary/aromatic N) is 1. The first-order valence-electron chi connectivity index (χ1n) is 6.93. The minimum Gasteiger partial charge on any atom is -0.308 e. The first-order valence-corrected chi connectivity index (χ1v) is 8.10. The molecule has 0 aliphatic carbocycles. The molecule has 2 rings (SSSR count). The van der Waals surface area contributed by atoms with E-state index in [-0.39, 0.29) is 6.04 Å². The van der Waals surface area contributed by atoms with Crippen LogP contribution in [-0.4, -0.2) is 25.5 Å². The van der Waals surface area contributed by atoms with E-state index in [1.54, 1.807) is 0 Å². The van der Waals surface area contributed by atoms with Crippen molar-refractivity contribution in [1.82, 2.24) is 10.2 Å². The van der Waals surface area contributed by atoms with Crippen LogP contribution >= 0.6 is 27.5 Å². The van der Waals surface area contributed by atoms with E-state index in [0.717, 1.165) is 28.1 Å². The zero-order chi connectivity index (χ0) is 15.2. The van der Waals surface area contributed by atoms with E-state index in [1.165, 1.54) is 5.56 Å². The molecule has 0 aliphatic heterocycles. The Morgan fingerprint density at radius 2 is 1.86 bits per heavy atom. The minimum atomic E-state index is 0.279. The highest BCUT2D eigenvalue weighted by Crippen LogP contribution is 2.22. The van der Waals surface area contributed by atoms with Crippen LogP contribution in [0.2, 0.25) is 5.02 Å². The van der Waals surface area contributed by atoms with E-state index >= 15 is 0 Å². The number of likely N-dealkylation sites (N-methyl/N-ethyl adjacent to an activating group) is 1. The lowest BCUT2D eigenvalue weighted by Gasteiger charge is -2.23. The molecule has 112 valence electrons. The molecule has 2 aromatic carbocycles. The predicted octanol–water partition coefficient (Wildman–Crippen LogP) is 4.50. The van der Waals surface area contributed by atoms with E-state index in [1.807, 2.05) is 18.2 Å². The zero-order valence-electron chi connectivity index (χ0n) is 12.3. The third-order valence-corrected chi connectivity index (χ3v) is 4.15. The summed E-state index contributed by atoms with van der Waals surface area (Å²) in [6, 6.07) is 16.8. The molecule has 0 radical (unpaired) electrons. The standard InChI is InChI=1S/C17H20BrClN2/c1-21(2)12-17(13-6-4-3-5-7-13)20-11-14-8-9-15(18)10-16(14)19/h3-10,17,20H,11-12H2,1-2H3. The maximum Gasteiger partial charge on any atom is 0.0462 e. The fraction of sp³-hybridized carbons (Fsp3) is 0.294. The number of rotatable bonds is 6. The second-order valence-electron chi connectivity index (χ2n) is 5.34. The van der Waals surface area contributed by atoms with Crippen molar-refractivity contribution < 1.29 is 0 Å². The maximum absolute atomic E-state index is 6.28. The lowest BCUT2D eigenvalue weighted by molar-refractivity contribution is 0.340. The SMILES string of the molecule is CN(C)CC(NCc1ccc(Br)cc1Cl)c1ccccc1. The Kier molecular flexibility index (Phi) is 6.24. The van der Waals surface area contributed by atoms with E-state index in [9.17, 15) is 0 Å². The topological polar surface area (TPSA) is 15.3 Å². The van der Waals surface area contributed by atoms with E-state index < -0.39 is 0 Å². The molecule has 1 atom stereocenters. The van der Waals surface area contributed by atoms with Crippen LogP contribution < -0.4 is 5.32 Å². The van der Waals surface area contributed by atoms with Gasteiger partial charge in [0.15, 0.2) is 0 Å². The highest BCUT2D eigenvalue weighted by molar-refractivity contribution is 9.10. The summed E-state index contributed by atoms with van der Waals surface area (Å²) in [5, 5.41) is 4.39. The number of hydrogen-bond acceptors (Lipinski definition) is 2. The molecule has 0 saturated carbocycles. The molecule has 0 aromatic heterocycles. The van der Waals surface area contributed by atoms with Gasteiger partial charge in [0.2, 0.25) is 0 Å². The van der Waals surface area contributed by atoms with Gasteiger partial charge in [-0.1, -0.05) is 63.9 Å². The molecule has 0 spiro atoms. The molecule has 0 bridgehead atoms. The average Bonchev–Trinajstić information content (AvgIpc) is 2.45. The Morgan fingerprint density at radius 3 is 2.48 bits per heavy atom. The molecule has 2 nitrogen and oxygen atoms in total. The fourth-order valence-corrected chi connectivity index (χ4v) is 2.98. The summed E-state index contributed by atoms with van der Waals surface area (Å²) in [6.07, 6.45) is 0. The molecule has 0 amide bonds. The van der Waals surface area contributed by atoms with Crippen molar-refractivity contribution in [3.05, 3.63) is 69.2 Å². The molecule has 0 fully saturated rings. The van der Waals surface area contributed by atoms with Gasteiger partial charge in [0, 0.05) is 28.6 Å². The largest absolute Gasteiger partial charge is 0.308 e. The van der Waals surface area contributed by atoms with Gasteiger partial charge < -0.3 is 10.2 Å². The smallest absolute Gasteiger partial charge is 0.0462 e. The Morgan fingerprint density at radius 1 is 1.14 bits per heavy atom. The van der Waals surface area contributed by atoms with Crippen LogP contribution in [0.15, 0.2) is 53.0 Å². The lowest BCUT2D eigenvalue weighted by Crippen LogP contribution is -2.31. The van der Waals surface area contributed by atoms with Gasteiger partial charge in [0.05, 0.1) is 0 Å². The van der Waals surface area contributed by atoms with Crippen LogP contribution in [-0.2, 0) is 6.54 Å². The Labute approximate surface area is 140 Å². The molecule has 0 heterocycles. The van der Waals surface area contributed by atoms with Crippen LogP contribution in [0.4, 0.5) is 0 Å². The Balaban J connectivity index is 2.09. The summed E-state index contributed by atoms with van der Waals surface area (Å²) in [7, 11) is 4.18. The van der Waals surface area contributed by atoms with Crippen molar-refractivity contribution in [2.45, 2.75) is 12.6 Å². The summed E-state index contributed by atoms with van der Waals surface area (Å²) in [5.41, 5.74) is 2.40. The molecule has 1 unspecified atom stereocenters. The van der Waals surface area contributed by atoms with Gasteiger partial charge in [0.25, 0.3) is 0 Å². The van der Waals surface area contributed by atoms with Crippen LogP contribution in [0.1, 0.15) is 17.2 Å². The highest BCUT2D eigenvalue weighted by atomic mass is 79.9. The lowest BCUT2D eigenvalue weighted by atomic mass is 10.1. The number of nitrogens with one attached hydrogen (secondary N) is 1. The van der Waals surface area contributed by atoms with Gasteiger partial charge in [-0.25, -0.2) is 0 Å². The fourth-order valence-electron chi connectivity index (χ4n) is 2.24. The zero-order valence-corrected chi connectivity index (χ0v) is 14.7. The highest BCUT2D eigenvalue weighted by Gasteiger charge is 2.12. The monoisotopic (exact) mass is 366 g/mol. The first kappa shape index (κ1) is 16.5. The molecule has 2 aromatic rings. The normalized spacial score (nSPS) is 12.6. The molecular formula is C17H20BrClN2. The number of hydrogen-bond donors (Lipinski definition) is 1. The van der Waals surface area contributed by atoms with Crippen molar-refractivity contribution in [3.8, 4) is 0 Å². The average molecular weight is 368 g/mol. The third-order valence-electron chi connectivity index (χ3n) is 3.30. The first-order chi connectivity index (χ1) is 10.1. The van der Waals surface area contributed by atoms with Gasteiger partial charge in [-0.05, 0) is 37.4 Å². The minimum absolute atomic E-state index is 0.279. The predicted molar refractivity (Wildman–Crippen MR) is 93.7 cm³/mol. The quantitative estimate of drug-likeness (QED) is 0.809. The molecule has 21 heavy (non-hydrogen) atoms. The number of halogens is 2. The summed E-state index contributed by atoms with van der Waals surface area (Å²) in [4.78, 5) is 2.19. The van der Waals surface area contributed by atoms with E-state index in [0.29, 0.717) is 0 Å². The van der Waals surface area contributed by atoms with E-state index in [4.69, 9.17) is 11.6 Å². The molecule has 0 aliphatic rings. The van der Waals surface area contributed by atoms with Crippen LogP contribution in [0, 0.1) is 0 Å². The Bertz CT molecular complexity index is 572. The molecule has 4 heteroatoms. The van der Waals surface area contributed by atoms with E-state index in [2.05, 4.69) is 70.6 Å². The van der Waals surface area contributed by atoms with Crippen LogP contribution in [0.25, 0.3) is 0 Å². The maximum atomic E-state index is 6.28. The summed E-state index contributed by atoms with van der Waals surface area (Å²) < 4.78 is 1.00. The second-order valence-corrected chi connectivity index (χ2v) is 6.67. The van der Waals surface area contributed by atoms with Crippen molar-refractivity contribution >= 4 is 27.5 Å². The van der Waals surface area contributed by atoms with Crippen LogP contribution in [0.3, 0.4) is 0 Å². The molecule has 0 saturated heterocycles. The van der Waals surface area contributed by atoms with Crippen molar-refractivity contribution in [2.75, 3.05) is 20.6 Å². The second kappa shape index (κ2) is 7.95. The number of benzene rings is 2. The van der Waals surface area contributed by atoms with Gasteiger partial charge in [-0.3, -0.25) is 0 Å². The molecular weight excluding hydrogens is 348 g/mol. The van der Waals surface area contributed by atoms with Gasteiger partial charge >= 0.3 is 0 Å². The van der Waals surface area contributed by atoms with Gasteiger partial charge in [0.1, 0.15) is 0 Å². The summed E-state index contributed by atoms with van der Waals surface area (Å²) in [5.74, 6) is 0.